The number of carboxylic acid groups (broad SMARTS) is 1. The summed E-state index contributed by atoms with van der Waals surface area (Å²) in [7, 11) is 0. The Morgan fingerprint density at radius 1 is 1.47 bits per heavy atom. The molecular formula is C11H19NO3. The largest absolute Gasteiger partial charge is 0.481 e. The standard InChI is InChI=1S/C11H19NO3/c1-10(2,9(13)14)11(15)4-6-12-5-3-8(11)7-12/h8,15H,3-7H2,1-2H3,(H,13,14). The predicted octanol–water partition coefficient (Wildman–Crippen LogP) is 0.554. The molecule has 2 rings (SSSR count). The number of piperidine rings is 1. The van der Waals surface area contributed by atoms with Gasteiger partial charge in [0.25, 0.3) is 0 Å². The van der Waals surface area contributed by atoms with Crippen LogP contribution in [-0.4, -0.2) is 46.3 Å². The van der Waals surface area contributed by atoms with Crippen LogP contribution in [0.25, 0.3) is 0 Å². The van der Waals surface area contributed by atoms with Gasteiger partial charge in [0.1, 0.15) is 0 Å². The molecule has 3 atom stereocenters. The van der Waals surface area contributed by atoms with Gasteiger partial charge in [0.15, 0.2) is 0 Å². The molecule has 4 nitrogen and oxygen atoms in total. The highest BCUT2D eigenvalue weighted by Gasteiger charge is 2.56. The lowest BCUT2D eigenvalue weighted by Gasteiger charge is -2.46. The molecule has 0 saturated carbocycles. The Morgan fingerprint density at radius 3 is 2.73 bits per heavy atom. The van der Waals surface area contributed by atoms with Gasteiger partial charge >= 0.3 is 5.97 Å². The third-order valence-electron chi connectivity index (χ3n) is 4.37. The van der Waals surface area contributed by atoms with Crippen molar-refractivity contribution in [3.63, 3.8) is 0 Å². The van der Waals surface area contributed by atoms with Gasteiger partial charge in [0.05, 0.1) is 11.0 Å². The first-order valence-electron chi connectivity index (χ1n) is 5.56. The minimum atomic E-state index is -1.05. The normalized spacial score (nSPS) is 40.5. The van der Waals surface area contributed by atoms with Gasteiger partial charge in [0, 0.05) is 19.0 Å². The fourth-order valence-electron chi connectivity index (χ4n) is 2.97. The first kappa shape index (κ1) is 10.9. The van der Waals surface area contributed by atoms with E-state index in [1.54, 1.807) is 13.8 Å². The van der Waals surface area contributed by atoms with Gasteiger partial charge in [0.2, 0.25) is 0 Å². The fourth-order valence-corrected chi connectivity index (χ4v) is 2.97. The first-order chi connectivity index (χ1) is 6.88. The van der Waals surface area contributed by atoms with Gasteiger partial charge in [-0.2, -0.15) is 0 Å². The molecule has 0 amide bonds. The summed E-state index contributed by atoms with van der Waals surface area (Å²) in [6.45, 7) is 5.96. The quantitative estimate of drug-likeness (QED) is 0.703. The molecule has 0 aromatic carbocycles. The van der Waals surface area contributed by atoms with Gasteiger partial charge in [-0.3, -0.25) is 4.79 Å². The highest BCUT2D eigenvalue weighted by Crippen LogP contribution is 2.46. The molecule has 0 aromatic heterocycles. The summed E-state index contributed by atoms with van der Waals surface area (Å²) in [6.07, 6.45) is 1.50. The van der Waals surface area contributed by atoms with E-state index in [0.717, 1.165) is 26.1 Å². The minimum Gasteiger partial charge on any atom is -0.481 e. The van der Waals surface area contributed by atoms with E-state index in [1.165, 1.54) is 0 Å². The molecule has 0 spiro atoms. The van der Waals surface area contributed by atoms with E-state index in [0.29, 0.717) is 6.42 Å². The van der Waals surface area contributed by atoms with Crippen LogP contribution in [-0.2, 0) is 4.79 Å². The number of fused-ring (bicyclic) bond motifs is 2. The van der Waals surface area contributed by atoms with E-state index in [-0.39, 0.29) is 5.92 Å². The van der Waals surface area contributed by atoms with Crippen LogP contribution in [0.15, 0.2) is 0 Å². The zero-order chi connectivity index (χ0) is 11.3. The monoisotopic (exact) mass is 213 g/mol. The number of rotatable bonds is 2. The average Bonchev–Trinajstić information content (AvgIpc) is 2.56. The van der Waals surface area contributed by atoms with Crippen LogP contribution in [0.2, 0.25) is 0 Å². The molecular weight excluding hydrogens is 194 g/mol. The Labute approximate surface area is 89.9 Å². The summed E-state index contributed by atoms with van der Waals surface area (Å²) in [5.74, 6) is -0.775. The van der Waals surface area contributed by atoms with Crippen LogP contribution >= 0.6 is 0 Å². The third-order valence-corrected chi connectivity index (χ3v) is 4.37. The number of hydrogen-bond donors (Lipinski definition) is 2. The summed E-state index contributed by atoms with van der Waals surface area (Å²) in [5, 5.41) is 19.9. The number of carbonyl (C=O) groups is 1. The van der Waals surface area contributed by atoms with Gasteiger partial charge in [-0.25, -0.2) is 0 Å². The highest BCUT2D eigenvalue weighted by atomic mass is 16.4. The molecule has 0 aromatic rings. The van der Waals surface area contributed by atoms with Crippen LogP contribution in [0.5, 0.6) is 0 Å². The third kappa shape index (κ3) is 1.39. The SMILES string of the molecule is CC(C)(C(=O)O)C1(O)CCN2CCC1C2. The zero-order valence-corrected chi connectivity index (χ0v) is 9.36. The van der Waals surface area contributed by atoms with Crippen LogP contribution in [0.1, 0.15) is 26.7 Å². The van der Waals surface area contributed by atoms with Crippen LogP contribution in [0.3, 0.4) is 0 Å². The number of aliphatic carboxylic acids is 1. The molecule has 2 heterocycles. The maximum atomic E-state index is 11.2. The predicted molar refractivity (Wildman–Crippen MR) is 55.5 cm³/mol. The molecule has 86 valence electrons. The Balaban J connectivity index is 2.29. The molecule has 3 unspecified atom stereocenters. The topological polar surface area (TPSA) is 60.8 Å². The van der Waals surface area contributed by atoms with Crippen molar-refractivity contribution in [3.8, 4) is 0 Å². The van der Waals surface area contributed by atoms with E-state index in [2.05, 4.69) is 4.90 Å². The average molecular weight is 213 g/mol. The van der Waals surface area contributed by atoms with Gasteiger partial charge < -0.3 is 15.1 Å². The summed E-state index contributed by atoms with van der Waals surface area (Å²) < 4.78 is 0. The second kappa shape index (κ2) is 3.19. The molecule has 4 heteroatoms. The van der Waals surface area contributed by atoms with E-state index >= 15 is 0 Å². The number of nitrogens with zero attached hydrogens (tertiary/aromatic N) is 1. The first-order valence-corrected chi connectivity index (χ1v) is 5.56. The lowest BCUT2D eigenvalue weighted by atomic mass is 9.65. The van der Waals surface area contributed by atoms with Crippen molar-refractivity contribution in [1.29, 1.82) is 0 Å². The smallest absolute Gasteiger partial charge is 0.312 e. The van der Waals surface area contributed by atoms with Gasteiger partial charge in [-0.1, -0.05) is 0 Å². The second-order valence-electron chi connectivity index (χ2n) is 5.39. The highest BCUT2D eigenvalue weighted by molar-refractivity contribution is 5.75. The molecule has 2 N–H and O–H groups in total. The van der Waals surface area contributed by atoms with Gasteiger partial charge in [-0.05, 0) is 33.2 Å². The van der Waals surface area contributed by atoms with E-state index in [1.807, 2.05) is 0 Å². The molecule has 0 radical (unpaired) electrons. The summed E-state index contributed by atoms with van der Waals surface area (Å²) in [4.78, 5) is 13.5. The lowest BCUT2D eigenvalue weighted by Crippen LogP contribution is -2.58. The number of carboxylic acids is 1. The lowest BCUT2D eigenvalue weighted by molar-refractivity contribution is -0.178. The summed E-state index contributed by atoms with van der Waals surface area (Å²) >= 11 is 0. The number of aliphatic hydroxyl groups is 1. The van der Waals surface area contributed by atoms with E-state index in [9.17, 15) is 15.0 Å². The Kier molecular flexibility index (Phi) is 2.32. The Hall–Kier alpha value is -0.610. The molecule has 2 aliphatic heterocycles. The van der Waals surface area contributed by atoms with Crippen molar-refractivity contribution in [3.05, 3.63) is 0 Å². The molecule has 2 bridgehead atoms. The van der Waals surface area contributed by atoms with Crippen LogP contribution < -0.4 is 0 Å². The van der Waals surface area contributed by atoms with Crippen molar-refractivity contribution >= 4 is 5.97 Å². The second-order valence-corrected chi connectivity index (χ2v) is 5.39. The van der Waals surface area contributed by atoms with E-state index in [4.69, 9.17) is 0 Å². The minimum absolute atomic E-state index is 0.123. The maximum Gasteiger partial charge on any atom is 0.312 e. The van der Waals surface area contributed by atoms with Gasteiger partial charge in [-0.15, -0.1) is 0 Å². The van der Waals surface area contributed by atoms with E-state index < -0.39 is 17.0 Å². The molecule has 2 aliphatic rings. The van der Waals surface area contributed by atoms with Crippen LogP contribution in [0.4, 0.5) is 0 Å². The summed E-state index contributed by atoms with van der Waals surface area (Å²) in [6, 6.07) is 0. The fraction of sp³-hybridized carbons (Fsp3) is 0.909. The molecule has 0 aliphatic carbocycles. The zero-order valence-electron chi connectivity index (χ0n) is 9.36. The number of hydrogen-bond acceptors (Lipinski definition) is 3. The van der Waals surface area contributed by atoms with Crippen molar-refractivity contribution in [2.45, 2.75) is 32.3 Å². The van der Waals surface area contributed by atoms with Crippen molar-refractivity contribution in [1.82, 2.24) is 4.90 Å². The maximum absolute atomic E-state index is 11.2. The van der Waals surface area contributed by atoms with Crippen LogP contribution in [0, 0.1) is 11.3 Å². The Bertz CT molecular complexity index is 290. The molecule has 15 heavy (non-hydrogen) atoms. The van der Waals surface area contributed by atoms with Crippen molar-refractivity contribution in [2.24, 2.45) is 11.3 Å². The summed E-state index contributed by atoms with van der Waals surface area (Å²) in [5.41, 5.74) is -2.08. The van der Waals surface area contributed by atoms with Crippen molar-refractivity contribution < 1.29 is 15.0 Å². The molecule has 2 saturated heterocycles. The molecule has 2 fully saturated rings. The van der Waals surface area contributed by atoms with Crippen molar-refractivity contribution in [2.75, 3.05) is 19.6 Å². The Morgan fingerprint density at radius 2 is 2.13 bits per heavy atom.